The molecule has 0 aromatic carbocycles. The second-order valence-corrected chi connectivity index (χ2v) is 7.88. The molecule has 3 unspecified atom stereocenters. The van der Waals surface area contributed by atoms with Crippen LogP contribution in [0.4, 0.5) is 0 Å². The number of carbonyl (C=O) groups is 4. The monoisotopic (exact) mass is 413 g/mol. The molecule has 1 fully saturated rings. The van der Waals surface area contributed by atoms with Crippen molar-refractivity contribution in [3.05, 3.63) is 0 Å². The van der Waals surface area contributed by atoms with E-state index in [1.54, 1.807) is 0 Å². The summed E-state index contributed by atoms with van der Waals surface area (Å²) in [6, 6.07) is -2.24. The van der Waals surface area contributed by atoms with Crippen LogP contribution in [0.1, 0.15) is 52.4 Å². The SMILES string of the molecule is CC(C)CC(NC(=O)C(N)CCCCN)C(=O)N1CCCC1C(=O)NCC(=O)O. The van der Waals surface area contributed by atoms with Crippen LogP contribution in [0.15, 0.2) is 0 Å². The van der Waals surface area contributed by atoms with E-state index in [-0.39, 0.29) is 11.8 Å². The first-order valence-corrected chi connectivity index (χ1v) is 10.2. The summed E-state index contributed by atoms with van der Waals surface area (Å²) < 4.78 is 0. The Labute approximate surface area is 171 Å². The number of nitrogens with zero attached hydrogens (tertiary/aromatic N) is 1. The van der Waals surface area contributed by atoms with Crippen molar-refractivity contribution in [2.75, 3.05) is 19.6 Å². The lowest BCUT2D eigenvalue weighted by Gasteiger charge is -2.30. The van der Waals surface area contributed by atoms with Crippen LogP contribution in [-0.4, -0.2) is 71.5 Å². The van der Waals surface area contributed by atoms with Gasteiger partial charge >= 0.3 is 5.97 Å². The molecule has 166 valence electrons. The Hall–Kier alpha value is -2.20. The maximum absolute atomic E-state index is 13.1. The lowest BCUT2D eigenvalue weighted by Crippen LogP contribution is -2.56. The molecule has 1 rings (SSSR count). The number of aliphatic carboxylic acids is 1. The van der Waals surface area contributed by atoms with E-state index in [1.807, 2.05) is 13.8 Å². The zero-order valence-corrected chi connectivity index (χ0v) is 17.4. The Kier molecular flexibility index (Phi) is 10.6. The zero-order valence-electron chi connectivity index (χ0n) is 17.4. The zero-order chi connectivity index (χ0) is 22.0. The van der Waals surface area contributed by atoms with Crippen LogP contribution < -0.4 is 22.1 Å². The van der Waals surface area contributed by atoms with Gasteiger partial charge in [-0.15, -0.1) is 0 Å². The molecule has 7 N–H and O–H groups in total. The molecule has 0 saturated carbocycles. The van der Waals surface area contributed by atoms with Gasteiger partial charge in [0.2, 0.25) is 17.7 Å². The van der Waals surface area contributed by atoms with Crippen molar-refractivity contribution in [1.82, 2.24) is 15.5 Å². The van der Waals surface area contributed by atoms with E-state index in [2.05, 4.69) is 10.6 Å². The van der Waals surface area contributed by atoms with Gasteiger partial charge in [0.15, 0.2) is 0 Å². The van der Waals surface area contributed by atoms with Gasteiger partial charge in [-0.25, -0.2) is 0 Å². The molecule has 0 spiro atoms. The number of rotatable bonds is 12. The van der Waals surface area contributed by atoms with Gasteiger partial charge in [0.1, 0.15) is 18.6 Å². The van der Waals surface area contributed by atoms with Gasteiger partial charge in [-0.3, -0.25) is 19.2 Å². The highest BCUT2D eigenvalue weighted by Crippen LogP contribution is 2.20. The summed E-state index contributed by atoms with van der Waals surface area (Å²) in [6.45, 7) is 4.30. The number of unbranched alkanes of at least 4 members (excludes halogenated alkanes) is 1. The molecule has 0 bridgehead atoms. The molecule has 1 heterocycles. The van der Waals surface area contributed by atoms with E-state index in [0.717, 1.165) is 12.8 Å². The van der Waals surface area contributed by atoms with Crippen LogP contribution in [-0.2, 0) is 19.2 Å². The van der Waals surface area contributed by atoms with Gasteiger partial charge in [0, 0.05) is 6.54 Å². The highest BCUT2D eigenvalue weighted by Gasteiger charge is 2.38. The first-order chi connectivity index (χ1) is 13.7. The number of nitrogens with one attached hydrogen (secondary N) is 2. The molecule has 1 saturated heterocycles. The van der Waals surface area contributed by atoms with Gasteiger partial charge in [-0.05, 0) is 44.6 Å². The highest BCUT2D eigenvalue weighted by molar-refractivity contribution is 5.94. The molecule has 0 aromatic rings. The standard InChI is InChI=1S/C19H35N5O5/c1-12(2)10-14(23-17(27)13(21)6-3-4-8-20)19(29)24-9-5-7-15(24)18(28)22-11-16(25)26/h12-15H,3-11,20-21H2,1-2H3,(H,22,28)(H,23,27)(H,25,26). The van der Waals surface area contributed by atoms with Crippen LogP contribution in [0.5, 0.6) is 0 Å². The Morgan fingerprint density at radius 2 is 1.90 bits per heavy atom. The normalized spacial score (nSPS) is 18.4. The fourth-order valence-corrected chi connectivity index (χ4v) is 3.40. The van der Waals surface area contributed by atoms with Crippen molar-refractivity contribution < 1.29 is 24.3 Å². The third-order valence-electron chi connectivity index (χ3n) is 4.88. The van der Waals surface area contributed by atoms with Gasteiger partial charge in [-0.2, -0.15) is 0 Å². The molecule has 0 aromatic heterocycles. The summed E-state index contributed by atoms with van der Waals surface area (Å²) in [4.78, 5) is 50.0. The van der Waals surface area contributed by atoms with Crippen molar-refractivity contribution in [2.24, 2.45) is 17.4 Å². The maximum Gasteiger partial charge on any atom is 0.322 e. The first kappa shape index (κ1) is 24.8. The van der Waals surface area contributed by atoms with E-state index < -0.39 is 42.5 Å². The third-order valence-corrected chi connectivity index (χ3v) is 4.88. The predicted octanol–water partition coefficient (Wildman–Crippen LogP) is -0.835. The quantitative estimate of drug-likeness (QED) is 0.260. The molecule has 3 amide bonds. The molecule has 3 atom stereocenters. The Balaban J connectivity index is 2.79. The highest BCUT2D eigenvalue weighted by atomic mass is 16.4. The Morgan fingerprint density at radius 3 is 2.48 bits per heavy atom. The number of nitrogens with two attached hydrogens (primary N) is 2. The van der Waals surface area contributed by atoms with Gasteiger partial charge < -0.3 is 32.1 Å². The maximum atomic E-state index is 13.1. The average Bonchev–Trinajstić information content (AvgIpc) is 3.14. The average molecular weight is 414 g/mol. The summed E-state index contributed by atoms with van der Waals surface area (Å²) >= 11 is 0. The van der Waals surface area contributed by atoms with E-state index in [4.69, 9.17) is 16.6 Å². The van der Waals surface area contributed by atoms with Crippen molar-refractivity contribution in [3.63, 3.8) is 0 Å². The smallest absolute Gasteiger partial charge is 0.322 e. The van der Waals surface area contributed by atoms with Crippen LogP contribution in [0.3, 0.4) is 0 Å². The number of carbonyl (C=O) groups excluding carboxylic acids is 3. The van der Waals surface area contributed by atoms with E-state index in [1.165, 1.54) is 4.90 Å². The lowest BCUT2D eigenvalue weighted by atomic mass is 10.0. The van der Waals surface area contributed by atoms with Gasteiger partial charge in [0.25, 0.3) is 0 Å². The minimum atomic E-state index is -1.15. The number of carboxylic acid groups (broad SMARTS) is 1. The molecule has 10 nitrogen and oxygen atoms in total. The molecule has 29 heavy (non-hydrogen) atoms. The molecule has 0 radical (unpaired) electrons. The fourth-order valence-electron chi connectivity index (χ4n) is 3.40. The molecular formula is C19H35N5O5. The number of amides is 3. The summed E-state index contributed by atoms with van der Waals surface area (Å²) in [5.41, 5.74) is 11.4. The van der Waals surface area contributed by atoms with Crippen LogP contribution in [0.2, 0.25) is 0 Å². The fraction of sp³-hybridized carbons (Fsp3) is 0.789. The molecule has 10 heteroatoms. The largest absolute Gasteiger partial charge is 0.480 e. The molecular weight excluding hydrogens is 378 g/mol. The summed E-state index contributed by atoms with van der Waals surface area (Å²) in [5.74, 6) is -2.24. The van der Waals surface area contributed by atoms with Crippen molar-refractivity contribution >= 4 is 23.7 Å². The summed E-state index contributed by atoms with van der Waals surface area (Å²) in [6.07, 6.45) is 3.49. The Bertz CT molecular complexity index is 583. The van der Waals surface area contributed by atoms with Crippen LogP contribution in [0.25, 0.3) is 0 Å². The summed E-state index contributed by atoms with van der Waals surface area (Å²) in [5, 5.41) is 13.8. The van der Waals surface area contributed by atoms with Crippen molar-refractivity contribution in [3.8, 4) is 0 Å². The predicted molar refractivity (Wildman–Crippen MR) is 108 cm³/mol. The molecule has 1 aliphatic heterocycles. The van der Waals surface area contributed by atoms with Gasteiger partial charge in [0.05, 0.1) is 6.04 Å². The minimum absolute atomic E-state index is 0.139. The van der Waals surface area contributed by atoms with Crippen molar-refractivity contribution in [1.29, 1.82) is 0 Å². The number of hydrogen-bond acceptors (Lipinski definition) is 6. The van der Waals surface area contributed by atoms with E-state index in [9.17, 15) is 19.2 Å². The number of likely N-dealkylation sites (tertiary alicyclic amines) is 1. The molecule has 0 aliphatic carbocycles. The van der Waals surface area contributed by atoms with Crippen molar-refractivity contribution in [2.45, 2.75) is 70.5 Å². The topological polar surface area (TPSA) is 168 Å². The lowest BCUT2D eigenvalue weighted by molar-refractivity contribution is -0.143. The minimum Gasteiger partial charge on any atom is -0.480 e. The second-order valence-electron chi connectivity index (χ2n) is 7.88. The number of carboxylic acids is 1. The van der Waals surface area contributed by atoms with Gasteiger partial charge in [-0.1, -0.05) is 20.3 Å². The molecule has 1 aliphatic rings. The Morgan fingerprint density at radius 1 is 1.21 bits per heavy atom. The van der Waals surface area contributed by atoms with E-state index in [0.29, 0.717) is 38.8 Å². The number of hydrogen-bond donors (Lipinski definition) is 5. The van der Waals surface area contributed by atoms with E-state index >= 15 is 0 Å². The van der Waals surface area contributed by atoms with Crippen LogP contribution >= 0.6 is 0 Å². The first-order valence-electron chi connectivity index (χ1n) is 10.2. The second kappa shape index (κ2) is 12.4. The van der Waals surface area contributed by atoms with Crippen LogP contribution in [0, 0.1) is 5.92 Å². The summed E-state index contributed by atoms with van der Waals surface area (Å²) in [7, 11) is 0. The third kappa shape index (κ3) is 8.36.